The summed E-state index contributed by atoms with van der Waals surface area (Å²) < 4.78 is 4.59. The fourth-order valence-electron chi connectivity index (χ4n) is 1.77. The molecule has 6 nitrogen and oxygen atoms in total. The largest absolute Gasteiger partial charge is 0.465 e. The molecule has 2 N–H and O–H groups in total. The minimum atomic E-state index is -0.444. The summed E-state index contributed by atoms with van der Waals surface area (Å²) in [5.74, 6) is -0.440. The maximum absolute atomic E-state index is 11.9. The van der Waals surface area contributed by atoms with E-state index in [-0.39, 0.29) is 0 Å². The highest BCUT2D eigenvalue weighted by molar-refractivity contribution is 6.00. The van der Waals surface area contributed by atoms with Gasteiger partial charge < -0.3 is 15.4 Å². The highest BCUT2D eigenvalue weighted by atomic mass is 16.5. The van der Waals surface area contributed by atoms with Crippen molar-refractivity contribution in [1.29, 1.82) is 5.26 Å². The van der Waals surface area contributed by atoms with E-state index in [1.807, 2.05) is 6.07 Å². The van der Waals surface area contributed by atoms with Crippen molar-refractivity contribution in [3.63, 3.8) is 0 Å². The summed E-state index contributed by atoms with van der Waals surface area (Å²) in [7, 11) is 1.30. The van der Waals surface area contributed by atoms with Crippen LogP contribution in [0.3, 0.4) is 0 Å². The fourth-order valence-corrected chi connectivity index (χ4v) is 1.77. The second-order valence-corrected chi connectivity index (χ2v) is 4.34. The second-order valence-electron chi connectivity index (χ2n) is 4.34. The average molecular weight is 295 g/mol. The summed E-state index contributed by atoms with van der Waals surface area (Å²) in [5, 5.41) is 14.1. The van der Waals surface area contributed by atoms with Crippen LogP contribution in [0.15, 0.2) is 48.5 Å². The first-order chi connectivity index (χ1) is 10.6. The standard InChI is InChI=1S/C16H13N3O3/c1-22-15(20)12-5-7-13(8-6-12)18-16(21)19-14-4-2-3-11(9-14)10-17/h2-9H,1H3,(H2,18,19,21). The molecule has 0 aliphatic rings. The van der Waals surface area contributed by atoms with Crippen LogP contribution >= 0.6 is 0 Å². The number of rotatable bonds is 3. The Morgan fingerprint density at radius 2 is 1.73 bits per heavy atom. The summed E-state index contributed by atoms with van der Waals surface area (Å²) in [4.78, 5) is 23.2. The Bertz CT molecular complexity index is 733. The van der Waals surface area contributed by atoms with Crippen molar-refractivity contribution in [1.82, 2.24) is 0 Å². The van der Waals surface area contributed by atoms with E-state index >= 15 is 0 Å². The van der Waals surface area contributed by atoms with Crippen LogP contribution in [-0.4, -0.2) is 19.1 Å². The average Bonchev–Trinajstić information content (AvgIpc) is 2.55. The Balaban J connectivity index is 2.00. The van der Waals surface area contributed by atoms with Crippen molar-refractivity contribution in [2.45, 2.75) is 0 Å². The molecule has 110 valence electrons. The molecule has 0 aliphatic heterocycles. The molecule has 0 spiro atoms. The molecule has 0 unspecified atom stereocenters. The number of carbonyl (C=O) groups is 2. The molecule has 0 atom stereocenters. The van der Waals surface area contributed by atoms with Gasteiger partial charge in [-0.3, -0.25) is 0 Å². The number of nitrogens with one attached hydrogen (secondary N) is 2. The number of urea groups is 1. The lowest BCUT2D eigenvalue weighted by Gasteiger charge is -2.08. The molecule has 0 bridgehead atoms. The van der Waals surface area contributed by atoms with Crippen LogP contribution in [0.25, 0.3) is 0 Å². The van der Waals surface area contributed by atoms with Crippen molar-refractivity contribution in [2.75, 3.05) is 17.7 Å². The number of hydrogen-bond acceptors (Lipinski definition) is 4. The van der Waals surface area contributed by atoms with Gasteiger partial charge in [0.05, 0.1) is 24.3 Å². The first kappa shape index (κ1) is 15.1. The Hall–Kier alpha value is -3.33. The number of ether oxygens (including phenoxy) is 1. The number of hydrogen-bond donors (Lipinski definition) is 2. The number of carbonyl (C=O) groups excluding carboxylic acids is 2. The summed E-state index contributed by atoms with van der Waals surface area (Å²) in [6.07, 6.45) is 0. The van der Waals surface area contributed by atoms with E-state index in [0.29, 0.717) is 22.5 Å². The van der Waals surface area contributed by atoms with E-state index in [1.54, 1.807) is 48.5 Å². The normalized spacial score (nSPS) is 9.45. The Morgan fingerprint density at radius 3 is 2.36 bits per heavy atom. The Morgan fingerprint density at radius 1 is 1.05 bits per heavy atom. The van der Waals surface area contributed by atoms with E-state index in [0.717, 1.165) is 0 Å². The zero-order chi connectivity index (χ0) is 15.9. The molecule has 0 aliphatic carbocycles. The van der Waals surface area contributed by atoms with Gasteiger partial charge in [0.1, 0.15) is 0 Å². The monoisotopic (exact) mass is 295 g/mol. The van der Waals surface area contributed by atoms with Gasteiger partial charge in [-0.2, -0.15) is 5.26 Å². The third-order valence-electron chi connectivity index (χ3n) is 2.81. The number of nitriles is 1. The zero-order valence-corrected chi connectivity index (χ0v) is 11.8. The van der Waals surface area contributed by atoms with E-state index in [2.05, 4.69) is 15.4 Å². The van der Waals surface area contributed by atoms with Crippen molar-refractivity contribution in [3.05, 3.63) is 59.7 Å². The van der Waals surface area contributed by atoms with Crippen molar-refractivity contribution < 1.29 is 14.3 Å². The topological polar surface area (TPSA) is 91.2 Å². The van der Waals surface area contributed by atoms with Gasteiger partial charge >= 0.3 is 12.0 Å². The summed E-state index contributed by atoms with van der Waals surface area (Å²) in [6.45, 7) is 0. The summed E-state index contributed by atoms with van der Waals surface area (Å²) in [5.41, 5.74) is 1.90. The van der Waals surface area contributed by atoms with Crippen LogP contribution in [0.5, 0.6) is 0 Å². The van der Waals surface area contributed by atoms with E-state index in [4.69, 9.17) is 5.26 Å². The van der Waals surface area contributed by atoms with Crippen molar-refractivity contribution in [2.24, 2.45) is 0 Å². The van der Waals surface area contributed by atoms with Crippen LogP contribution in [0.1, 0.15) is 15.9 Å². The van der Waals surface area contributed by atoms with E-state index in [9.17, 15) is 9.59 Å². The molecule has 2 aromatic carbocycles. The van der Waals surface area contributed by atoms with E-state index < -0.39 is 12.0 Å². The number of amides is 2. The lowest BCUT2D eigenvalue weighted by atomic mass is 10.2. The van der Waals surface area contributed by atoms with Crippen molar-refractivity contribution in [3.8, 4) is 6.07 Å². The van der Waals surface area contributed by atoms with Crippen LogP contribution < -0.4 is 10.6 Å². The molecule has 2 amide bonds. The number of benzene rings is 2. The highest BCUT2D eigenvalue weighted by Gasteiger charge is 2.06. The number of nitrogens with zero attached hydrogens (tertiary/aromatic N) is 1. The molecular weight excluding hydrogens is 282 g/mol. The Kier molecular flexibility index (Phi) is 4.73. The third-order valence-corrected chi connectivity index (χ3v) is 2.81. The molecule has 2 rings (SSSR count). The van der Waals surface area contributed by atoms with Gasteiger partial charge in [0.15, 0.2) is 0 Å². The first-order valence-corrected chi connectivity index (χ1v) is 6.39. The minimum Gasteiger partial charge on any atom is -0.465 e. The van der Waals surface area contributed by atoms with Crippen molar-refractivity contribution >= 4 is 23.4 Å². The van der Waals surface area contributed by atoms with Crippen LogP contribution in [0.2, 0.25) is 0 Å². The van der Waals surface area contributed by atoms with Gasteiger partial charge in [-0.1, -0.05) is 6.07 Å². The SMILES string of the molecule is COC(=O)c1ccc(NC(=O)Nc2cccc(C#N)c2)cc1. The van der Waals surface area contributed by atoms with Crippen LogP contribution in [0, 0.1) is 11.3 Å². The van der Waals surface area contributed by atoms with Crippen LogP contribution in [-0.2, 0) is 4.74 Å². The van der Waals surface area contributed by atoms with Gasteiger partial charge in [0, 0.05) is 11.4 Å². The smallest absolute Gasteiger partial charge is 0.337 e. The van der Waals surface area contributed by atoms with E-state index in [1.165, 1.54) is 7.11 Å². The number of methoxy groups -OCH3 is 1. The van der Waals surface area contributed by atoms with Crippen LogP contribution in [0.4, 0.5) is 16.2 Å². The number of anilines is 2. The van der Waals surface area contributed by atoms with Gasteiger partial charge in [0.25, 0.3) is 0 Å². The molecule has 0 fully saturated rings. The first-order valence-electron chi connectivity index (χ1n) is 6.39. The maximum atomic E-state index is 11.9. The van der Waals surface area contributed by atoms with Gasteiger partial charge in [0.2, 0.25) is 0 Å². The quantitative estimate of drug-likeness (QED) is 0.851. The van der Waals surface area contributed by atoms with Gasteiger partial charge in [-0.15, -0.1) is 0 Å². The molecular formula is C16H13N3O3. The minimum absolute atomic E-state index is 0.398. The predicted molar refractivity (Wildman–Crippen MR) is 81.6 cm³/mol. The molecule has 2 aromatic rings. The summed E-state index contributed by atoms with van der Waals surface area (Å²) in [6, 6.07) is 14.4. The Labute approximate surface area is 127 Å². The summed E-state index contributed by atoms with van der Waals surface area (Å²) >= 11 is 0. The zero-order valence-electron chi connectivity index (χ0n) is 11.8. The maximum Gasteiger partial charge on any atom is 0.337 e. The molecule has 22 heavy (non-hydrogen) atoms. The third kappa shape index (κ3) is 3.84. The second kappa shape index (κ2) is 6.90. The molecule has 0 saturated heterocycles. The number of esters is 1. The molecule has 0 saturated carbocycles. The predicted octanol–water partition coefficient (Wildman–Crippen LogP) is 2.99. The molecule has 0 radical (unpaired) electrons. The molecule has 0 heterocycles. The molecule has 6 heteroatoms. The van der Waals surface area contributed by atoms with Gasteiger partial charge in [-0.25, -0.2) is 9.59 Å². The lowest BCUT2D eigenvalue weighted by Crippen LogP contribution is -2.19. The van der Waals surface area contributed by atoms with Gasteiger partial charge in [-0.05, 0) is 42.5 Å². The molecule has 0 aromatic heterocycles. The fraction of sp³-hybridized carbons (Fsp3) is 0.0625. The highest BCUT2D eigenvalue weighted by Crippen LogP contribution is 2.13. The lowest BCUT2D eigenvalue weighted by molar-refractivity contribution is 0.0601.